The zero-order chi connectivity index (χ0) is 19.1. The Morgan fingerprint density at radius 3 is 2.37 bits per heavy atom. The average Bonchev–Trinajstić information content (AvgIpc) is 2.98. The highest BCUT2D eigenvalue weighted by atomic mass is 127. The molecule has 0 aromatic heterocycles. The van der Waals surface area contributed by atoms with Gasteiger partial charge in [-0.15, -0.1) is 24.0 Å². The van der Waals surface area contributed by atoms with Gasteiger partial charge in [0.1, 0.15) is 0 Å². The van der Waals surface area contributed by atoms with Crippen LogP contribution >= 0.6 is 24.0 Å². The van der Waals surface area contributed by atoms with Gasteiger partial charge in [-0.05, 0) is 43.6 Å². The lowest BCUT2D eigenvalue weighted by atomic mass is 9.92. The highest BCUT2D eigenvalue weighted by molar-refractivity contribution is 14.0. The van der Waals surface area contributed by atoms with Gasteiger partial charge in [0.2, 0.25) is 0 Å². The van der Waals surface area contributed by atoms with Crippen molar-refractivity contribution in [1.29, 1.82) is 0 Å². The van der Waals surface area contributed by atoms with Crippen LogP contribution in [-0.4, -0.2) is 75.2 Å². The minimum Gasteiger partial charge on any atom is -0.469 e. The Kier molecular flexibility index (Phi) is 11.0. The average molecular weight is 494 g/mol. The highest BCUT2D eigenvalue weighted by Crippen LogP contribution is 2.24. The number of carbonyl (C=O) groups excluding carboxylic acids is 1. The number of nitrogens with zero attached hydrogens (tertiary/aromatic N) is 3. The molecule has 0 amide bonds. The van der Waals surface area contributed by atoms with Crippen LogP contribution in [0.1, 0.15) is 40.0 Å². The minimum atomic E-state index is -0.111. The molecule has 0 radical (unpaired) electrons. The Hall–Kier alpha value is -0.570. The summed E-state index contributed by atoms with van der Waals surface area (Å²) in [7, 11) is 3.28. The van der Waals surface area contributed by atoms with Crippen LogP contribution in [0.3, 0.4) is 0 Å². The standard InChI is InChI=1S/C20H38N4O2.HI/c1-15-10-16(2)12-23(11-15)9-7-6-8-22-20(21-4)24-13-17(3)18(14-24)19(25)26-5;/h15-18H,6-14H2,1-5H3,(H,21,22);1H. The van der Waals surface area contributed by atoms with Crippen molar-refractivity contribution in [2.45, 2.75) is 40.0 Å². The molecule has 4 unspecified atom stereocenters. The van der Waals surface area contributed by atoms with Crippen LogP contribution < -0.4 is 5.32 Å². The molecule has 2 fully saturated rings. The number of rotatable bonds is 6. The Labute approximate surface area is 182 Å². The second-order valence-electron chi connectivity index (χ2n) is 8.40. The number of unbranched alkanes of at least 4 members (excludes halogenated alkanes) is 1. The van der Waals surface area contributed by atoms with Gasteiger partial charge in [-0.1, -0.05) is 20.8 Å². The molecule has 6 nitrogen and oxygen atoms in total. The van der Waals surface area contributed by atoms with Gasteiger partial charge in [0.05, 0.1) is 13.0 Å². The van der Waals surface area contributed by atoms with E-state index < -0.39 is 0 Å². The second kappa shape index (κ2) is 12.1. The van der Waals surface area contributed by atoms with E-state index >= 15 is 0 Å². The molecule has 0 saturated carbocycles. The van der Waals surface area contributed by atoms with E-state index in [-0.39, 0.29) is 35.9 Å². The van der Waals surface area contributed by atoms with Crippen molar-refractivity contribution in [2.24, 2.45) is 28.7 Å². The predicted octanol–water partition coefficient (Wildman–Crippen LogP) is 2.68. The van der Waals surface area contributed by atoms with E-state index in [0.717, 1.165) is 37.3 Å². The molecule has 7 heteroatoms. The fourth-order valence-electron chi connectivity index (χ4n) is 4.57. The van der Waals surface area contributed by atoms with Gasteiger partial charge in [-0.25, -0.2) is 0 Å². The van der Waals surface area contributed by atoms with Crippen molar-refractivity contribution in [3.05, 3.63) is 0 Å². The molecular weight excluding hydrogens is 455 g/mol. The summed E-state index contributed by atoms with van der Waals surface area (Å²) in [6.07, 6.45) is 3.72. The summed E-state index contributed by atoms with van der Waals surface area (Å²) in [5, 5.41) is 3.47. The number of hydrogen-bond acceptors (Lipinski definition) is 4. The number of esters is 1. The predicted molar refractivity (Wildman–Crippen MR) is 122 cm³/mol. The van der Waals surface area contributed by atoms with E-state index in [1.807, 2.05) is 7.05 Å². The summed E-state index contributed by atoms with van der Waals surface area (Å²) < 4.78 is 4.92. The Balaban J connectivity index is 0.00000364. The lowest BCUT2D eigenvalue weighted by Crippen LogP contribution is -2.41. The molecule has 0 aliphatic carbocycles. The van der Waals surface area contributed by atoms with E-state index in [0.29, 0.717) is 12.5 Å². The number of piperidine rings is 1. The number of likely N-dealkylation sites (tertiary alicyclic amines) is 2. The van der Waals surface area contributed by atoms with E-state index in [1.165, 1.54) is 39.6 Å². The lowest BCUT2D eigenvalue weighted by molar-refractivity contribution is -0.145. The summed E-state index contributed by atoms with van der Waals surface area (Å²) in [6.45, 7) is 13.0. The van der Waals surface area contributed by atoms with Crippen LogP contribution in [0.5, 0.6) is 0 Å². The number of guanidine groups is 1. The monoisotopic (exact) mass is 494 g/mol. The summed E-state index contributed by atoms with van der Waals surface area (Å²) in [4.78, 5) is 21.1. The van der Waals surface area contributed by atoms with Crippen LogP contribution in [0.15, 0.2) is 4.99 Å². The maximum atomic E-state index is 11.9. The molecule has 1 N–H and O–H groups in total. The molecular formula is C20H39IN4O2. The van der Waals surface area contributed by atoms with Crippen LogP contribution in [0.2, 0.25) is 0 Å². The Morgan fingerprint density at radius 2 is 1.78 bits per heavy atom. The third-order valence-corrected chi connectivity index (χ3v) is 5.76. The van der Waals surface area contributed by atoms with Crippen LogP contribution in [0.4, 0.5) is 0 Å². The second-order valence-corrected chi connectivity index (χ2v) is 8.40. The minimum absolute atomic E-state index is 0. The maximum Gasteiger partial charge on any atom is 0.310 e. The van der Waals surface area contributed by atoms with Crippen molar-refractivity contribution in [3.63, 3.8) is 0 Å². The van der Waals surface area contributed by atoms with Gasteiger partial charge in [0, 0.05) is 39.8 Å². The first-order valence-electron chi connectivity index (χ1n) is 10.2. The molecule has 2 heterocycles. The zero-order valence-electron chi connectivity index (χ0n) is 17.7. The molecule has 0 aromatic rings. The van der Waals surface area contributed by atoms with E-state index in [4.69, 9.17) is 4.74 Å². The van der Waals surface area contributed by atoms with Gasteiger partial charge in [0.15, 0.2) is 5.96 Å². The topological polar surface area (TPSA) is 57.2 Å². The quantitative estimate of drug-likeness (QED) is 0.202. The number of halogens is 1. The van der Waals surface area contributed by atoms with Crippen molar-refractivity contribution < 1.29 is 9.53 Å². The third-order valence-electron chi connectivity index (χ3n) is 5.76. The van der Waals surface area contributed by atoms with Crippen LogP contribution in [-0.2, 0) is 9.53 Å². The van der Waals surface area contributed by atoms with Crippen molar-refractivity contribution in [2.75, 3.05) is 53.4 Å². The van der Waals surface area contributed by atoms with Crippen molar-refractivity contribution in [1.82, 2.24) is 15.1 Å². The molecule has 0 spiro atoms. The molecule has 0 bridgehead atoms. The smallest absolute Gasteiger partial charge is 0.310 e. The zero-order valence-corrected chi connectivity index (χ0v) is 20.1. The summed E-state index contributed by atoms with van der Waals surface area (Å²) in [5.41, 5.74) is 0. The molecule has 2 rings (SSSR count). The molecule has 4 atom stereocenters. The molecule has 0 aromatic carbocycles. The van der Waals surface area contributed by atoms with Crippen LogP contribution in [0, 0.1) is 23.7 Å². The largest absolute Gasteiger partial charge is 0.469 e. The number of methoxy groups -OCH3 is 1. The molecule has 2 aliphatic heterocycles. The van der Waals surface area contributed by atoms with Crippen molar-refractivity contribution >= 4 is 35.9 Å². The number of aliphatic imine (C=N–C) groups is 1. The first kappa shape index (κ1) is 24.5. The van der Waals surface area contributed by atoms with Gasteiger partial charge < -0.3 is 19.9 Å². The fourth-order valence-corrected chi connectivity index (χ4v) is 4.57. The number of ether oxygens (including phenoxy) is 1. The third kappa shape index (κ3) is 7.40. The number of hydrogen-bond donors (Lipinski definition) is 1. The van der Waals surface area contributed by atoms with E-state index in [2.05, 4.69) is 40.9 Å². The molecule has 2 aliphatic rings. The number of carbonyl (C=O) groups is 1. The fraction of sp³-hybridized carbons (Fsp3) is 0.900. The Morgan fingerprint density at radius 1 is 1.11 bits per heavy atom. The van der Waals surface area contributed by atoms with E-state index in [1.54, 1.807) is 0 Å². The molecule has 158 valence electrons. The highest BCUT2D eigenvalue weighted by Gasteiger charge is 2.36. The maximum absolute atomic E-state index is 11.9. The lowest BCUT2D eigenvalue weighted by Gasteiger charge is -2.35. The van der Waals surface area contributed by atoms with E-state index in [9.17, 15) is 4.79 Å². The summed E-state index contributed by atoms with van der Waals surface area (Å²) >= 11 is 0. The first-order chi connectivity index (χ1) is 12.4. The van der Waals surface area contributed by atoms with Crippen LogP contribution in [0.25, 0.3) is 0 Å². The summed E-state index contributed by atoms with van der Waals surface area (Å²) in [6, 6.07) is 0. The molecule has 2 saturated heterocycles. The van der Waals surface area contributed by atoms with Gasteiger partial charge in [0.25, 0.3) is 0 Å². The summed E-state index contributed by atoms with van der Waals surface area (Å²) in [5.74, 6) is 2.70. The van der Waals surface area contributed by atoms with Crippen molar-refractivity contribution in [3.8, 4) is 0 Å². The first-order valence-corrected chi connectivity index (χ1v) is 10.2. The SMILES string of the molecule is CN=C(NCCCCN1CC(C)CC(C)C1)N1CC(C)C(C(=O)OC)C1.I. The Bertz CT molecular complexity index is 479. The molecule has 27 heavy (non-hydrogen) atoms. The normalized spacial score (nSPS) is 29.4. The number of nitrogens with one attached hydrogen (secondary N) is 1. The van der Waals surface area contributed by atoms with Gasteiger partial charge in [-0.3, -0.25) is 9.79 Å². The van der Waals surface area contributed by atoms with Gasteiger partial charge in [-0.2, -0.15) is 0 Å². The van der Waals surface area contributed by atoms with Gasteiger partial charge >= 0.3 is 5.97 Å².